The third-order valence-electron chi connectivity index (χ3n) is 4.52. The van der Waals surface area contributed by atoms with Crippen LogP contribution in [0.3, 0.4) is 0 Å². The first kappa shape index (κ1) is 23.2. The highest BCUT2D eigenvalue weighted by atomic mass is 35.5. The van der Waals surface area contributed by atoms with Crippen LogP contribution in [0.4, 0.5) is 5.69 Å². The van der Waals surface area contributed by atoms with Gasteiger partial charge in [-0.15, -0.1) is 0 Å². The van der Waals surface area contributed by atoms with Crippen LogP contribution in [0.5, 0.6) is 5.75 Å². The van der Waals surface area contributed by atoms with Gasteiger partial charge in [-0.2, -0.15) is 0 Å². The summed E-state index contributed by atoms with van der Waals surface area (Å²) in [6, 6.07) is 11.5. The normalized spacial score (nSPS) is 15.6. The van der Waals surface area contributed by atoms with Crippen molar-refractivity contribution in [1.29, 1.82) is 0 Å². The molecule has 1 heterocycles. The third-order valence-corrected chi connectivity index (χ3v) is 4.76. The summed E-state index contributed by atoms with van der Waals surface area (Å²) in [6.45, 7) is 11.5. The molecule has 0 fully saturated rings. The molecule has 1 amide bonds. The van der Waals surface area contributed by atoms with E-state index in [9.17, 15) is 9.90 Å². The molecule has 4 nitrogen and oxygen atoms in total. The summed E-state index contributed by atoms with van der Waals surface area (Å²) in [5, 5.41) is 13.1. The maximum Gasteiger partial charge on any atom is 0.249 e. The summed E-state index contributed by atoms with van der Waals surface area (Å²) in [6.07, 6.45) is 6.52. The van der Waals surface area contributed by atoms with E-state index in [-0.39, 0.29) is 11.7 Å². The van der Waals surface area contributed by atoms with Gasteiger partial charge in [0, 0.05) is 16.1 Å². The van der Waals surface area contributed by atoms with Crippen molar-refractivity contribution in [2.75, 3.05) is 5.32 Å². The average Bonchev–Trinajstić information content (AvgIpc) is 2.89. The number of allylic oxidation sites excluding steroid dienone is 4. The van der Waals surface area contributed by atoms with Crippen LogP contribution in [-0.2, 0) is 4.79 Å². The zero-order chi connectivity index (χ0) is 22.1. The molecular formula is C25H27ClN2O2. The molecule has 0 saturated carbocycles. The number of carbonyl (C=O) groups is 1. The molecule has 0 bridgehead atoms. The Balaban J connectivity index is 0.00000155. The quantitative estimate of drug-likeness (QED) is 0.536. The second-order valence-corrected chi connectivity index (χ2v) is 6.88. The van der Waals surface area contributed by atoms with Crippen LogP contribution in [0.15, 0.2) is 84.4 Å². The van der Waals surface area contributed by atoms with E-state index < -0.39 is 6.04 Å². The smallest absolute Gasteiger partial charge is 0.249 e. The molecule has 1 aliphatic rings. The molecule has 156 valence electrons. The second-order valence-electron chi connectivity index (χ2n) is 6.44. The minimum Gasteiger partial charge on any atom is -0.508 e. The zero-order valence-electron chi connectivity index (χ0n) is 17.4. The number of aromatic hydroxyl groups is 1. The number of aliphatic imine (C=N–C) groups is 1. The Hall–Kier alpha value is -3.11. The number of nitrogens with one attached hydrogen (secondary N) is 1. The van der Waals surface area contributed by atoms with Gasteiger partial charge >= 0.3 is 0 Å². The fraction of sp³-hybridized carbons (Fsp3) is 0.200. The lowest BCUT2D eigenvalue weighted by molar-refractivity contribution is -0.117. The Kier molecular flexibility index (Phi) is 8.63. The minimum absolute atomic E-state index is 0.167. The van der Waals surface area contributed by atoms with Crippen molar-refractivity contribution in [1.82, 2.24) is 0 Å². The summed E-state index contributed by atoms with van der Waals surface area (Å²) in [4.78, 5) is 17.6. The minimum atomic E-state index is -0.567. The van der Waals surface area contributed by atoms with Crippen molar-refractivity contribution < 1.29 is 9.90 Å². The molecule has 2 aromatic carbocycles. The topological polar surface area (TPSA) is 61.7 Å². The van der Waals surface area contributed by atoms with Crippen LogP contribution >= 0.6 is 11.6 Å². The molecule has 30 heavy (non-hydrogen) atoms. The maximum absolute atomic E-state index is 12.8. The fourth-order valence-corrected chi connectivity index (χ4v) is 3.25. The number of phenolic OH excluding ortho intramolecular Hbond substituents is 1. The molecule has 5 heteroatoms. The van der Waals surface area contributed by atoms with Gasteiger partial charge in [-0.1, -0.05) is 56.8 Å². The van der Waals surface area contributed by atoms with Crippen LogP contribution < -0.4 is 5.32 Å². The van der Waals surface area contributed by atoms with Gasteiger partial charge in [-0.05, 0) is 60.9 Å². The predicted octanol–water partition coefficient (Wildman–Crippen LogP) is 6.31. The Morgan fingerprint density at radius 1 is 1.20 bits per heavy atom. The van der Waals surface area contributed by atoms with Crippen molar-refractivity contribution >= 4 is 28.9 Å². The number of hydrogen-bond acceptors (Lipinski definition) is 3. The predicted molar refractivity (Wildman–Crippen MR) is 127 cm³/mol. The van der Waals surface area contributed by atoms with E-state index >= 15 is 0 Å². The number of halogens is 1. The van der Waals surface area contributed by atoms with Crippen molar-refractivity contribution in [3.63, 3.8) is 0 Å². The highest BCUT2D eigenvalue weighted by molar-refractivity contribution is 6.32. The van der Waals surface area contributed by atoms with Gasteiger partial charge in [-0.3, -0.25) is 9.79 Å². The van der Waals surface area contributed by atoms with Gasteiger partial charge in [0.1, 0.15) is 11.8 Å². The highest BCUT2D eigenvalue weighted by Gasteiger charge is 2.26. The van der Waals surface area contributed by atoms with Crippen molar-refractivity contribution in [3.05, 3.63) is 95.6 Å². The lowest BCUT2D eigenvalue weighted by Crippen LogP contribution is -2.25. The average molecular weight is 423 g/mol. The third kappa shape index (κ3) is 5.71. The lowest BCUT2D eigenvalue weighted by Gasteiger charge is -2.11. The van der Waals surface area contributed by atoms with E-state index in [1.54, 1.807) is 54.6 Å². The molecule has 1 unspecified atom stereocenters. The summed E-state index contributed by atoms with van der Waals surface area (Å²) in [5.41, 5.74) is 3.87. The molecule has 0 saturated heterocycles. The maximum atomic E-state index is 12.8. The number of nitrogens with zero attached hydrogens (tertiary/aromatic N) is 1. The van der Waals surface area contributed by atoms with Gasteiger partial charge in [0.25, 0.3) is 0 Å². The van der Waals surface area contributed by atoms with Gasteiger partial charge in [-0.25, -0.2) is 0 Å². The summed E-state index contributed by atoms with van der Waals surface area (Å²) < 4.78 is 0. The van der Waals surface area contributed by atoms with Crippen LogP contribution in [0.2, 0.25) is 5.02 Å². The monoisotopic (exact) mass is 422 g/mol. The summed E-state index contributed by atoms with van der Waals surface area (Å²) in [5.74, 6) is -0.000376. The molecule has 1 atom stereocenters. The number of phenols is 1. The molecular weight excluding hydrogens is 396 g/mol. The number of benzene rings is 2. The number of benzodiazepines with no additional fused rings is 1. The van der Waals surface area contributed by atoms with E-state index in [1.807, 2.05) is 19.9 Å². The first-order valence-electron chi connectivity index (χ1n) is 9.94. The van der Waals surface area contributed by atoms with E-state index in [1.165, 1.54) is 0 Å². The lowest BCUT2D eigenvalue weighted by atomic mass is 10.00. The number of anilines is 1. The van der Waals surface area contributed by atoms with Crippen molar-refractivity contribution in [3.8, 4) is 5.75 Å². The van der Waals surface area contributed by atoms with E-state index in [0.29, 0.717) is 29.3 Å². The molecule has 0 aliphatic carbocycles. The number of carbonyl (C=O) groups excluding carboxylic acids is 1. The largest absolute Gasteiger partial charge is 0.508 e. The Bertz CT molecular complexity index is 975. The molecule has 0 radical (unpaired) electrons. The second kappa shape index (κ2) is 11.2. The SMILES string of the molecule is C=C/C=C(\C=C)CCC1N=C(c2ccc(O)cc2)c2cc(Cl)ccc2NC1=O.CC. The van der Waals surface area contributed by atoms with Crippen LogP contribution in [0, 0.1) is 0 Å². The summed E-state index contributed by atoms with van der Waals surface area (Å²) >= 11 is 6.20. The first-order chi connectivity index (χ1) is 14.5. The number of fused-ring (bicyclic) bond motifs is 1. The number of amides is 1. The summed E-state index contributed by atoms with van der Waals surface area (Å²) in [7, 11) is 0. The Morgan fingerprint density at radius 3 is 2.53 bits per heavy atom. The molecule has 1 aliphatic heterocycles. The van der Waals surface area contributed by atoms with Gasteiger partial charge in [0.15, 0.2) is 0 Å². The van der Waals surface area contributed by atoms with Gasteiger partial charge < -0.3 is 10.4 Å². The van der Waals surface area contributed by atoms with Crippen molar-refractivity contribution in [2.45, 2.75) is 32.7 Å². The number of rotatable bonds is 6. The molecule has 0 aromatic heterocycles. The van der Waals surface area contributed by atoms with Gasteiger partial charge in [0.05, 0.1) is 11.4 Å². The van der Waals surface area contributed by atoms with E-state index in [4.69, 9.17) is 16.6 Å². The fourth-order valence-electron chi connectivity index (χ4n) is 3.07. The standard InChI is InChI=1S/C23H21ClN2O2.C2H6/c1-3-5-15(4-2)6-12-21-23(28)26-20-13-9-17(24)14-19(20)22(25-21)16-7-10-18(27)11-8-16;1-2/h3-5,7-11,13-14,21,27H,1-2,6,12H2,(H,26,28);1-2H3/b15-5+;. The Labute approximate surface area is 183 Å². The van der Waals surface area contributed by atoms with E-state index in [0.717, 1.165) is 16.7 Å². The molecule has 2 aromatic rings. The van der Waals surface area contributed by atoms with Gasteiger partial charge in [0.2, 0.25) is 5.91 Å². The molecule has 0 spiro atoms. The van der Waals surface area contributed by atoms with Crippen LogP contribution in [0.25, 0.3) is 0 Å². The molecule has 2 N–H and O–H groups in total. The number of hydrogen-bond donors (Lipinski definition) is 2. The zero-order valence-corrected chi connectivity index (χ0v) is 18.1. The van der Waals surface area contributed by atoms with E-state index in [2.05, 4.69) is 18.5 Å². The molecule has 3 rings (SSSR count). The Morgan fingerprint density at radius 2 is 1.90 bits per heavy atom. The van der Waals surface area contributed by atoms with Crippen LogP contribution in [-0.4, -0.2) is 22.8 Å². The van der Waals surface area contributed by atoms with Crippen molar-refractivity contribution in [2.24, 2.45) is 4.99 Å². The highest BCUT2D eigenvalue weighted by Crippen LogP contribution is 2.29. The van der Waals surface area contributed by atoms with Crippen LogP contribution in [0.1, 0.15) is 37.8 Å². The first-order valence-corrected chi connectivity index (χ1v) is 10.3.